The number of thiophene rings is 1. The fourth-order valence-corrected chi connectivity index (χ4v) is 3.65. The molecule has 0 unspecified atom stereocenters. The number of aromatic nitrogens is 2. The van der Waals surface area contributed by atoms with Crippen molar-refractivity contribution >= 4 is 51.6 Å². The minimum absolute atomic E-state index is 0.0162. The largest absolute Gasteiger partial charge is 0.465 e. The van der Waals surface area contributed by atoms with Crippen LogP contribution in [0.2, 0.25) is 5.02 Å². The van der Waals surface area contributed by atoms with Gasteiger partial charge in [0, 0.05) is 0 Å². The normalized spacial score (nSPS) is 10.5. The molecule has 0 aromatic carbocycles. The molecule has 0 saturated carbocycles. The van der Waals surface area contributed by atoms with E-state index in [1.165, 1.54) is 21.0 Å². The van der Waals surface area contributed by atoms with Crippen LogP contribution in [0.4, 0.5) is 10.8 Å². The Morgan fingerprint density at radius 1 is 1.25 bits per heavy atom. The fraction of sp³-hybridized carbons (Fsp3) is 0.333. The minimum Gasteiger partial charge on any atom is -0.465 e. The van der Waals surface area contributed by atoms with Gasteiger partial charge in [-0.05, 0) is 24.3 Å². The van der Waals surface area contributed by atoms with Crippen molar-refractivity contribution in [3.63, 3.8) is 0 Å². The van der Waals surface area contributed by atoms with Gasteiger partial charge in [-0.15, -0.1) is 11.3 Å². The average molecular weight is 431 g/mol. The van der Waals surface area contributed by atoms with E-state index < -0.39 is 35.1 Å². The van der Waals surface area contributed by atoms with E-state index in [0.29, 0.717) is 5.56 Å². The van der Waals surface area contributed by atoms with Crippen molar-refractivity contribution in [1.82, 2.24) is 9.78 Å². The maximum absolute atomic E-state index is 12.4. The van der Waals surface area contributed by atoms with E-state index in [2.05, 4.69) is 15.2 Å². The summed E-state index contributed by atoms with van der Waals surface area (Å²) >= 11 is 6.69. The molecule has 0 spiro atoms. The highest BCUT2D eigenvalue weighted by Crippen LogP contribution is 2.34. The van der Waals surface area contributed by atoms with E-state index in [1.807, 2.05) is 0 Å². The minimum atomic E-state index is -0.760. The summed E-state index contributed by atoms with van der Waals surface area (Å²) in [6.45, 7) is 2.59. The van der Waals surface area contributed by atoms with Crippen LogP contribution in [-0.4, -0.2) is 46.8 Å². The molecule has 150 valence electrons. The summed E-state index contributed by atoms with van der Waals surface area (Å²) < 4.78 is 10.4. The van der Waals surface area contributed by atoms with Gasteiger partial charge in [0.25, 0.3) is 0 Å². The number of methoxy groups -OCH3 is 2. The zero-order valence-corrected chi connectivity index (χ0v) is 16.8. The Morgan fingerprint density at radius 3 is 2.36 bits per heavy atom. The van der Waals surface area contributed by atoms with Crippen molar-refractivity contribution in [1.29, 1.82) is 0 Å². The lowest BCUT2D eigenvalue weighted by atomic mass is 10.1. The van der Waals surface area contributed by atoms with Crippen molar-refractivity contribution in [2.24, 2.45) is 0 Å². The Labute approximate surface area is 167 Å². The highest BCUT2D eigenvalue weighted by molar-refractivity contribution is 7.18. The van der Waals surface area contributed by atoms with Gasteiger partial charge in [0.1, 0.15) is 16.4 Å². The smallest absolute Gasteiger partial charge is 0.408 e. The molecule has 13 heteroatoms. The lowest BCUT2D eigenvalue weighted by Gasteiger charge is -2.05. The first kappa shape index (κ1) is 21.3. The third kappa shape index (κ3) is 3.97. The van der Waals surface area contributed by atoms with E-state index >= 15 is 0 Å². The van der Waals surface area contributed by atoms with Crippen molar-refractivity contribution in [3.8, 4) is 0 Å². The summed E-state index contributed by atoms with van der Waals surface area (Å²) in [7, 11) is 2.35. The topological polar surface area (TPSA) is 143 Å². The Hall–Kier alpha value is -2.99. The van der Waals surface area contributed by atoms with Crippen LogP contribution in [0.25, 0.3) is 0 Å². The summed E-state index contributed by atoms with van der Waals surface area (Å²) in [5.41, 5.74) is 0.546. The standard InChI is InChI=1S/C15H15ClN4O7S/c1-6-9(14(22)26-3)13(28-11(6)15(23)27-4)17-8(21)5-19-7(2)10(16)12(18-19)20(24)25/h5H2,1-4H3,(H,17,21). The van der Waals surface area contributed by atoms with Crippen molar-refractivity contribution < 1.29 is 28.8 Å². The number of hydrogen-bond donors (Lipinski definition) is 1. The Kier molecular flexibility index (Phi) is 6.36. The molecular formula is C15H15ClN4O7S. The molecule has 2 aromatic heterocycles. The molecular weight excluding hydrogens is 416 g/mol. The molecule has 28 heavy (non-hydrogen) atoms. The molecule has 0 saturated heterocycles. The summed E-state index contributed by atoms with van der Waals surface area (Å²) in [6.07, 6.45) is 0. The number of carbonyl (C=O) groups excluding carboxylic acids is 3. The van der Waals surface area contributed by atoms with Crippen molar-refractivity contribution in [2.75, 3.05) is 19.5 Å². The third-order valence-corrected chi connectivity index (χ3v) is 5.37. The van der Waals surface area contributed by atoms with Gasteiger partial charge in [-0.2, -0.15) is 4.68 Å². The van der Waals surface area contributed by atoms with Gasteiger partial charge in [0.05, 0.1) is 30.6 Å². The third-order valence-electron chi connectivity index (χ3n) is 3.74. The second kappa shape index (κ2) is 8.35. The summed E-state index contributed by atoms with van der Waals surface area (Å²) in [5, 5.41) is 17.0. The summed E-state index contributed by atoms with van der Waals surface area (Å²) in [6, 6.07) is 0. The van der Waals surface area contributed by atoms with Gasteiger partial charge in [0.2, 0.25) is 5.91 Å². The van der Waals surface area contributed by atoms with Gasteiger partial charge in [0.15, 0.2) is 5.02 Å². The van der Waals surface area contributed by atoms with Crippen molar-refractivity contribution in [2.45, 2.75) is 20.4 Å². The van der Waals surface area contributed by atoms with E-state index in [1.54, 1.807) is 0 Å². The van der Waals surface area contributed by atoms with Gasteiger partial charge < -0.3 is 24.9 Å². The first-order valence-corrected chi connectivity index (χ1v) is 8.78. The van der Waals surface area contributed by atoms with Gasteiger partial charge in [-0.3, -0.25) is 4.79 Å². The molecule has 2 aromatic rings. The molecule has 2 rings (SSSR count). The number of esters is 2. The molecule has 0 bridgehead atoms. The number of amides is 1. The molecule has 2 heterocycles. The molecule has 0 aliphatic heterocycles. The Bertz CT molecular complexity index is 982. The zero-order chi connectivity index (χ0) is 21.2. The Morgan fingerprint density at radius 2 is 1.86 bits per heavy atom. The van der Waals surface area contributed by atoms with E-state index in [-0.39, 0.29) is 26.2 Å². The first-order valence-electron chi connectivity index (χ1n) is 7.59. The molecule has 1 amide bonds. The number of nitrogens with one attached hydrogen (secondary N) is 1. The molecule has 0 atom stereocenters. The number of hydrogen-bond acceptors (Lipinski definition) is 9. The van der Waals surface area contributed by atoms with Crippen molar-refractivity contribution in [3.05, 3.63) is 36.8 Å². The van der Waals surface area contributed by atoms with Crippen LogP contribution in [0.1, 0.15) is 31.3 Å². The van der Waals surface area contributed by atoms with Crippen LogP contribution in [-0.2, 0) is 20.8 Å². The first-order chi connectivity index (χ1) is 13.1. The van der Waals surface area contributed by atoms with Crippen LogP contribution >= 0.6 is 22.9 Å². The fourth-order valence-electron chi connectivity index (χ4n) is 2.32. The van der Waals surface area contributed by atoms with E-state index in [4.69, 9.17) is 16.3 Å². The quantitative estimate of drug-likeness (QED) is 0.418. The maximum Gasteiger partial charge on any atom is 0.408 e. The summed E-state index contributed by atoms with van der Waals surface area (Å²) in [4.78, 5) is 46.6. The molecule has 0 aliphatic rings. The van der Waals surface area contributed by atoms with Gasteiger partial charge in [-0.25, -0.2) is 9.59 Å². The summed E-state index contributed by atoms with van der Waals surface area (Å²) in [5.74, 6) is -2.62. The molecule has 0 aliphatic carbocycles. The number of carbonyl (C=O) groups is 3. The lowest BCUT2D eigenvalue weighted by molar-refractivity contribution is -0.389. The van der Waals surface area contributed by atoms with Crippen LogP contribution in [0.5, 0.6) is 0 Å². The number of ether oxygens (including phenoxy) is 2. The second-order valence-electron chi connectivity index (χ2n) is 5.43. The van der Waals surface area contributed by atoms with Gasteiger partial charge >= 0.3 is 17.8 Å². The highest BCUT2D eigenvalue weighted by atomic mass is 35.5. The van der Waals surface area contributed by atoms with Crippen LogP contribution in [0.15, 0.2) is 0 Å². The predicted octanol–water partition coefficient (Wildman–Crippen LogP) is 2.33. The van der Waals surface area contributed by atoms with Crippen LogP contribution in [0, 0.1) is 24.0 Å². The predicted molar refractivity (Wildman–Crippen MR) is 99.0 cm³/mol. The molecule has 0 fully saturated rings. The number of nitro groups is 1. The lowest BCUT2D eigenvalue weighted by Crippen LogP contribution is -2.21. The SMILES string of the molecule is COC(=O)c1sc(NC(=O)Cn2nc([N+](=O)[O-])c(Cl)c2C)c(C(=O)OC)c1C. The Balaban J connectivity index is 2.34. The zero-order valence-electron chi connectivity index (χ0n) is 15.2. The number of anilines is 1. The van der Waals surface area contributed by atoms with E-state index in [9.17, 15) is 24.5 Å². The number of nitrogens with zero attached hydrogens (tertiary/aromatic N) is 3. The van der Waals surface area contributed by atoms with Crippen LogP contribution < -0.4 is 5.32 Å². The van der Waals surface area contributed by atoms with Crippen LogP contribution in [0.3, 0.4) is 0 Å². The van der Waals surface area contributed by atoms with Gasteiger partial charge in [-0.1, -0.05) is 11.6 Å². The number of rotatable bonds is 6. The molecule has 0 radical (unpaired) electrons. The maximum atomic E-state index is 12.4. The molecule has 1 N–H and O–H groups in total. The highest BCUT2D eigenvalue weighted by Gasteiger charge is 2.28. The second-order valence-corrected chi connectivity index (χ2v) is 6.83. The number of halogens is 1. The monoisotopic (exact) mass is 430 g/mol. The van der Waals surface area contributed by atoms with E-state index in [0.717, 1.165) is 23.1 Å². The molecule has 11 nitrogen and oxygen atoms in total. The average Bonchev–Trinajstić information content (AvgIpc) is 3.11.